The van der Waals surface area contributed by atoms with Gasteiger partial charge in [-0.15, -0.1) is 0 Å². The molecule has 0 amide bonds. The zero-order valence-electron chi connectivity index (χ0n) is 11.1. The second-order valence-corrected chi connectivity index (χ2v) is 4.45. The minimum Gasteiger partial charge on any atom is -0.206 e. The maximum Gasteiger partial charge on any atom is 0.419 e. The van der Waals surface area contributed by atoms with E-state index in [9.17, 15) is 22.0 Å². The van der Waals surface area contributed by atoms with E-state index in [0.717, 1.165) is 6.07 Å². The maximum atomic E-state index is 12.6. The molecule has 0 saturated carbocycles. The fourth-order valence-corrected chi connectivity index (χ4v) is 1.56. The molecule has 0 aliphatic carbocycles. The van der Waals surface area contributed by atoms with Crippen molar-refractivity contribution in [2.45, 2.75) is 6.18 Å². The van der Waals surface area contributed by atoms with Gasteiger partial charge in [-0.1, -0.05) is 11.6 Å². The van der Waals surface area contributed by atoms with Crippen LogP contribution in [0.5, 0.6) is 0 Å². The minimum atomic E-state index is -4.75. The number of rotatable bonds is 0. The number of nitriles is 2. The van der Waals surface area contributed by atoms with Crippen LogP contribution in [0, 0.1) is 34.3 Å². The molecule has 0 atom stereocenters. The van der Waals surface area contributed by atoms with Crippen molar-refractivity contribution in [1.82, 2.24) is 0 Å². The smallest absolute Gasteiger partial charge is 0.206 e. The predicted octanol–water partition coefficient (Wildman–Crippen LogP) is 5.07. The summed E-state index contributed by atoms with van der Waals surface area (Å²) in [6, 6.07) is 9.27. The third-order valence-electron chi connectivity index (χ3n) is 2.45. The Balaban J connectivity index is 0.000000238. The molecule has 0 saturated heterocycles. The third-order valence-corrected chi connectivity index (χ3v) is 2.74. The molecule has 0 bridgehead atoms. The second-order valence-electron chi connectivity index (χ2n) is 4.04. The van der Waals surface area contributed by atoms with E-state index in [2.05, 4.69) is 0 Å². The third kappa shape index (κ3) is 5.24. The minimum absolute atomic E-state index is 0.0148. The highest BCUT2D eigenvalue weighted by molar-refractivity contribution is 6.30. The first-order chi connectivity index (χ1) is 10.7. The average molecular weight is 345 g/mol. The maximum absolute atomic E-state index is 12.6. The van der Waals surface area contributed by atoms with Crippen LogP contribution in [0.1, 0.15) is 16.7 Å². The topological polar surface area (TPSA) is 47.6 Å². The van der Waals surface area contributed by atoms with Gasteiger partial charge in [-0.25, -0.2) is 8.78 Å². The fourth-order valence-electron chi connectivity index (χ4n) is 1.38. The zero-order chi connectivity index (χ0) is 17.6. The molecule has 0 aliphatic rings. The monoisotopic (exact) mass is 344 g/mol. The van der Waals surface area contributed by atoms with Crippen LogP contribution in [0.15, 0.2) is 36.4 Å². The van der Waals surface area contributed by atoms with E-state index in [-0.39, 0.29) is 10.6 Å². The van der Waals surface area contributed by atoms with Gasteiger partial charge in [0, 0.05) is 0 Å². The van der Waals surface area contributed by atoms with Crippen molar-refractivity contribution < 1.29 is 22.0 Å². The van der Waals surface area contributed by atoms with E-state index in [0.29, 0.717) is 17.7 Å². The molecule has 8 heteroatoms. The molecular weight excluding hydrogens is 339 g/mol. The molecule has 2 aromatic carbocycles. The highest BCUT2D eigenvalue weighted by atomic mass is 35.5. The molecule has 0 aromatic heterocycles. The van der Waals surface area contributed by atoms with E-state index in [4.69, 9.17) is 22.1 Å². The SMILES string of the molecule is N#Cc1ccc(F)c(C(F)(F)F)c1.N#Cc1ccc(F)c(Cl)c1. The number of hydrogen-bond donors (Lipinski definition) is 0. The molecule has 0 spiro atoms. The summed E-state index contributed by atoms with van der Waals surface area (Å²) in [4.78, 5) is 0. The Morgan fingerprint density at radius 1 is 0.826 bits per heavy atom. The van der Waals surface area contributed by atoms with Crippen LogP contribution in [-0.2, 0) is 6.18 Å². The van der Waals surface area contributed by atoms with Crippen molar-refractivity contribution in [3.8, 4) is 12.1 Å². The highest BCUT2D eigenvalue weighted by Crippen LogP contribution is 2.31. The van der Waals surface area contributed by atoms with E-state index >= 15 is 0 Å². The van der Waals surface area contributed by atoms with Crippen molar-refractivity contribution in [2.24, 2.45) is 0 Å². The number of hydrogen-bond acceptors (Lipinski definition) is 2. The molecule has 0 N–H and O–H groups in total. The van der Waals surface area contributed by atoms with Gasteiger partial charge in [0.05, 0.1) is 33.9 Å². The summed E-state index contributed by atoms with van der Waals surface area (Å²) in [5, 5.41) is 16.6. The van der Waals surface area contributed by atoms with Crippen molar-refractivity contribution in [2.75, 3.05) is 0 Å². The molecule has 0 aliphatic heterocycles. The van der Waals surface area contributed by atoms with Gasteiger partial charge in [-0.2, -0.15) is 23.7 Å². The normalized spacial score (nSPS) is 10.1. The van der Waals surface area contributed by atoms with E-state index in [1.165, 1.54) is 24.3 Å². The first-order valence-electron chi connectivity index (χ1n) is 5.81. The van der Waals surface area contributed by atoms with E-state index in [1.54, 1.807) is 0 Å². The summed E-state index contributed by atoms with van der Waals surface area (Å²) in [6.07, 6.45) is -4.75. The molecule has 2 nitrogen and oxygen atoms in total. The first-order valence-corrected chi connectivity index (χ1v) is 6.19. The number of halogens is 6. The molecule has 0 heterocycles. The summed E-state index contributed by atoms with van der Waals surface area (Å²) in [5.74, 6) is -1.87. The van der Waals surface area contributed by atoms with Crippen LogP contribution in [0.25, 0.3) is 0 Å². The Morgan fingerprint density at radius 2 is 1.30 bits per heavy atom. The first kappa shape index (κ1) is 18.4. The van der Waals surface area contributed by atoms with Crippen LogP contribution in [-0.4, -0.2) is 0 Å². The second kappa shape index (κ2) is 7.57. The lowest BCUT2D eigenvalue weighted by Crippen LogP contribution is -2.08. The Kier molecular flexibility index (Phi) is 6.06. The molecule has 0 unspecified atom stereocenters. The summed E-state index contributed by atoms with van der Waals surface area (Å²) in [6.45, 7) is 0. The predicted molar refractivity (Wildman–Crippen MR) is 72.2 cm³/mol. The van der Waals surface area contributed by atoms with Gasteiger partial charge in [-0.3, -0.25) is 0 Å². The van der Waals surface area contributed by atoms with Gasteiger partial charge >= 0.3 is 6.18 Å². The van der Waals surface area contributed by atoms with Crippen LogP contribution < -0.4 is 0 Å². The van der Waals surface area contributed by atoms with Crippen molar-refractivity contribution in [1.29, 1.82) is 10.5 Å². The summed E-state index contributed by atoms with van der Waals surface area (Å²) >= 11 is 5.37. The van der Waals surface area contributed by atoms with Crippen LogP contribution >= 0.6 is 11.6 Å². The van der Waals surface area contributed by atoms with Crippen LogP contribution in [0.3, 0.4) is 0 Å². The average Bonchev–Trinajstić information content (AvgIpc) is 2.50. The fraction of sp³-hybridized carbons (Fsp3) is 0.0667. The van der Waals surface area contributed by atoms with Crippen molar-refractivity contribution in [3.63, 3.8) is 0 Å². The lowest BCUT2D eigenvalue weighted by molar-refractivity contribution is -0.140. The van der Waals surface area contributed by atoms with Crippen molar-refractivity contribution in [3.05, 3.63) is 69.7 Å². The molecule has 0 fully saturated rings. The van der Waals surface area contributed by atoms with E-state index in [1.807, 2.05) is 6.07 Å². The van der Waals surface area contributed by atoms with Gasteiger partial charge in [0.15, 0.2) is 0 Å². The molecule has 118 valence electrons. The summed E-state index contributed by atoms with van der Waals surface area (Å²) in [5.41, 5.74) is -1.26. The molecular formula is C15H6ClF5N2. The largest absolute Gasteiger partial charge is 0.419 e. The number of benzene rings is 2. The number of nitrogens with zero attached hydrogens (tertiary/aromatic N) is 2. The van der Waals surface area contributed by atoms with Gasteiger partial charge < -0.3 is 0 Å². The Morgan fingerprint density at radius 3 is 1.74 bits per heavy atom. The highest BCUT2D eigenvalue weighted by Gasteiger charge is 2.34. The lowest BCUT2D eigenvalue weighted by Gasteiger charge is -2.07. The van der Waals surface area contributed by atoms with Crippen LogP contribution in [0.2, 0.25) is 5.02 Å². The summed E-state index contributed by atoms with van der Waals surface area (Å²) in [7, 11) is 0. The van der Waals surface area contributed by atoms with Gasteiger partial charge in [0.1, 0.15) is 11.6 Å². The molecule has 0 radical (unpaired) electrons. The Labute approximate surface area is 133 Å². The van der Waals surface area contributed by atoms with Gasteiger partial charge in [-0.05, 0) is 36.4 Å². The van der Waals surface area contributed by atoms with Gasteiger partial charge in [0.2, 0.25) is 0 Å². The Bertz CT molecular complexity index is 788. The number of alkyl halides is 3. The quantitative estimate of drug-likeness (QED) is 0.627. The lowest BCUT2D eigenvalue weighted by atomic mass is 10.1. The zero-order valence-corrected chi connectivity index (χ0v) is 11.9. The van der Waals surface area contributed by atoms with Crippen LogP contribution in [0.4, 0.5) is 22.0 Å². The Hall–Kier alpha value is -2.64. The molecule has 23 heavy (non-hydrogen) atoms. The van der Waals surface area contributed by atoms with E-state index < -0.39 is 23.4 Å². The standard InChI is InChI=1S/C8H3F4N.C7H3ClFN/c9-7-2-1-5(4-13)3-6(7)8(10,11)12;8-6-3-5(4-10)1-2-7(6)9/h1-3H;1-3H. The molecule has 2 aromatic rings. The summed E-state index contributed by atoms with van der Waals surface area (Å²) < 4.78 is 61.0. The van der Waals surface area contributed by atoms with Crippen molar-refractivity contribution >= 4 is 11.6 Å². The molecule has 2 rings (SSSR count). The van der Waals surface area contributed by atoms with Gasteiger partial charge in [0.25, 0.3) is 0 Å².